The number of aliphatic hydroxyl groups excluding tert-OH is 1. The second kappa shape index (κ2) is 6.80. The number of hydrogen-bond donors (Lipinski definition) is 2. The molecule has 2 aliphatic rings. The lowest BCUT2D eigenvalue weighted by Gasteiger charge is -2.42. The summed E-state index contributed by atoms with van der Waals surface area (Å²) in [6.45, 7) is 6.10. The third-order valence-electron chi connectivity index (χ3n) is 6.43. The monoisotopic (exact) mass is 355 g/mol. The molecular formula is C21H29N3O2. The molecule has 2 N–H and O–H groups in total. The largest absolute Gasteiger partial charge is 0.393 e. The number of aromatic amines is 1. The first kappa shape index (κ1) is 17.7. The molecule has 1 aromatic carbocycles. The van der Waals surface area contributed by atoms with Gasteiger partial charge in [-0.15, -0.1) is 0 Å². The molecule has 2 fully saturated rings. The number of methoxy groups -OCH3 is 1. The van der Waals surface area contributed by atoms with Crippen molar-refractivity contribution in [2.75, 3.05) is 13.7 Å². The molecule has 140 valence electrons. The summed E-state index contributed by atoms with van der Waals surface area (Å²) in [5, 5.41) is 17.8. The topological polar surface area (TPSA) is 61.4 Å². The van der Waals surface area contributed by atoms with Crippen LogP contribution in [0.5, 0.6) is 0 Å². The van der Waals surface area contributed by atoms with Crippen LogP contribution in [0.2, 0.25) is 0 Å². The summed E-state index contributed by atoms with van der Waals surface area (Å²) in [5.74, 6) is 0. The van der Waals surface area contributed by atoms with Crippen molar-refractivity contribution in [3.63, 3.8) is 0 Å². The molecule has 2 aromatic rings. The van der Waals surface area contributed by atoms with Crippen LogP contribution in [0.4, 0.5) is 0 Å². The Bertz CT molecular complexity index is 787. The van der Waals surface area contributed by atoms with Gasteiger partial charge in [0, 0.05) is 37.4 Å². The van der Waals surface area contributed by atoms with Gasteiger partial charge in [-0.05, 0) is 51.2 Å². The van der Waals surface area contributed by atoms with E-state index in [4.69, 9.17) is 4.74 Å². The van der Waals surface area contributed by atoms with E-state index in [-0.39, 0.29) is 17.7 Å². The smallest absolute Gasteiger partial charge is 0.0847 e. The van der Waals surface area contributed by atoms with Crippen molar-refractivity contribution in [1.29, 1.82) is 0 Å². The Labute approximate surface area is 155 Å². The van der Waals surface area contributed by atoms with Crippen LogP contribution in [0, 0.1) is 13.8 Å². The maximum atomic E-state index is 10.2. The summed E-state index contributed by atoms with van der Waals surface area (Å²) in [7, 11) is 1.83. The van der Waals surface area contributed by atoms with Crippen LogP contribution >= 0.6 is 0 Å². The molecule has 0 spiro atoms. The van der Waals surface area contributed by atoms with Crippen molar-refractivity contribution in [1.82, 2.24) is 15.1 Å². The maximum Gasteiger partial charge on any atom is 0.0847 e. The van der Waals surface area contributed by atoms with Gasteiger partial charge in [-0.25, -0.2) is 0 Å². The normalized spacial score (nSPS) is 29.1. The van der Waals surface area contributed by atoms with E-state index in [1.807, 2.05) is 13.3 Å². The minimum absolute atomic E-state index is 0.0949. The van der Waals surface area contributed by atoms with Gasteiger partial charge in [-0.3, -0.25) is 10.00 Å². The summed E-state index contributed by atoms with van der Waals surface area (Å²) in [6, 6.07) is 6.81. The highest BCUT2D eigenvalue weighted by Crippen LogP contribution is 2.43. The lowest BCUT2D eigenvalue weighted by Crippen LogP contribution is -2.51. The highest BCUT2D eigenvalue weighted by atomic mass is 16.5. The zero-order chi connectivity index (χ0) is 18.3. The van der Waals surface area contributed by atoms with E-state index < -0.39 is 0 Å². The number of nitrogens with one attached hydrogen (secondary N) is 1. The molecule has 0 bridgehead atoms. The molecule has 1 aliphatic carbocycles. The van der Waals surface area contributed by atoms with E-state index in [0.29, 0.717) is 0 Å². The van der Waals surface area contributed by atoms with E-state index in [0.717, 1.165) is 44.5 Å². The third kappa shape index (κ3) is 2.98. The number of ether oxygens (including phenoxy) is 1. The minimum Gasteiger partial charge on any atom is -0.393 e. The van der Waals surface area contributed by atoms with Gasteiger partial charge in [-0.2, -0.15) is 5.10 Å². The summed E-state index contributed by atoms with van der Waals surface area (Å²) in [5.41, 5.74) is 5.95. The Balaban J connectivity index is 1.61. The van der Waals surface area contributed by atoms with E-state index in [1.165, 1.54) is 22.3 Å². The molecule has 1 saturated heterocycles. The summed E-state index contributed by atoms with van der Waals surface area (Å²) in [6.07, 6.45) is 5.36. The summed E-state index contributed by atoms with van der Waals surface area (Å²) < 4.78 is 5.97. The molecule has 0 amide bonds. The zero-order valence-corrected chi connectivity index (χ0v) is 16.0. The Morgan fingerprint density at radius 1 is 1.35 bits per heavy atom. The number of hydrogen-bond acceptors (Lipinski definition) is 4. The fourth-order valence-corrected chi connectivity index (χ4v) is 4.85. The van der Waals surface area contributed by atoms with Crippen molar-refractivity contribution in [2.24, 2.45) is 0 Å². The molecule has 1 aliphatic heterocycles. The molecular weight excluding hydrogens is 326 g/mol. The van der Waals surface area contributed by atoms with Crippen LogP contribution in [-0.4, -0.2) is 51.6 Å². The van der Waals surface area contributed by atoms with Gasteiger partial charge < -0.3 is 9.84 Å². The number of fused-ring (bicyclic) bond motifs is 1. The molecule has 3 atom stereocenters. The molecule has 1 saturated carbocycles. The van der Waals surface area contributed by atoms with Crippen molar-refractivity contribution < 1.29 is 9.84 Å². The Kier molecular flexibility index (Phi) is 4.63. The van der Waals surface area contributed by atoms with Crippen molar-refractivity contribution in [3.05, 3.63) is 41.1 Å². The number of likely N-dealkylation sites (tertiary alicyclic amines) is 1. The summed E-state index contributed by atoms with van der Waals surface area (Å²) >= 11 is 0. The number of aromatic nitrogens is 2. The highest BCUT2D eigenvalue weighted by molar-refractivity contribution is 5.67. The standard InChI is InChI=1S/C21H29N3O2/c1-14-4-5-15(2)18(10-14)20-16(12-22-23-20)13-24-9-8-21(26-3)7-6-17(25)11-19(21)24/h4-5,10,12,17,19,25H,6-9,11,13H2,1-3H3,(H,22,23)/t17?,19?,21-/m1/s1. The van der Waals surface area contributed by atoms with E-state index in [1.54, 1.807) is 0 Å². The zero-order valence-electron chi connectivity index (χ0n) is 16.0. The Morgan fingerprint density at radius 3 is 3.00 bits per heavy atom. The number of H-pyrrole nitrogens is 1. The van der Waals surface area contributed by atoms with Gasteiger partial charge in [0.15, 0.2) is 0 Å². The fourth-order valence-electron chi connectivity index (χ4n) is 4.85. The predicted octanol–water partition coefficient (Wildman–Crippen LogP) is 3.20. The molecule has 5 heteroatoms. The van der Waals surface area contributed by atoms with Crippen LogP contribution in [-0.2, 0) is 11.3 Å². The molecule has 4 rings (SSSR count). The Morgan fingerprint density at radius 2 is 2.19 bits per heavy atom. The first-order chi connectivity index (χ1) is 12.5. The van der Waals surface area contributed by atoms with Crippen LogP contribution in [0.15, 0.2) is 24.4 Å². The molecule has 26 heavy (non-hydrogen) atoms. The first-order valence-electron chi connectivity index (χ1n) is 9.59. The second-order valence-electron chi connectivity index (χ2n) is 8.02. The molecule has 2 heterocycles. The molecule has 0 radical (unpaired) electrons. The predicted molar refractivity (Wildman–Crippen MR) is 102 cm³/mol. The SMILES string of the molecule is CO[C@@]12CCC(O)CC1N(Cc1cn[nH]c1-c1cc(C)ccc1C)CC2. The van der Waals surface area contributed by atoms with Gasteiger partial charge in [0.2, 0.25) is 0 Å². The lowest BCUT2D eigenvalue weighted by atomic mass is 9.79. The molecule has 2 unspecified atom stereocenters. The number of nitrogens with zero attached hydrogens (tertiary/aromatic N) is 2. The molecule has 5 nitrogen and oxygen atoms in total. The number of aliphatic hydroxyl groups is 1. The van der Waals surface area contributed by atoms with Crippen LogP contribution in [0.25, 0.3) is 11.3 Å². The van der Waals surface area contributed by atoms with Gasteiger partial charge >= 0.3 is 0 Å². The number of benzene rings is 1. The van der Waals surface area contributed by atoms with Crippen molar-refractivity contribution >= 4 is 0 Å². The fraction of sp³-hybridized carbons (Fsp3) is 0.571. The first-order valence-corrected chi connectivity index (χ1v) is 9.59. The van der Waals surface area contributed by atoms with Gasteiger partial charge in [0.1, 0.15) is 0 Å². The van der Waals surface area contributed by atoms with Crippen LogP contribution < -0.4 is 0 Å². The van der Waals surface area contributed by atoms with Crippen LogP contribution in [0.1, 0.15) is 42.4 Å². The second-order valence-corrected chi connectivity index (χ2v) is 8.02. The average Bonchev–Trinajstić information content (AvgIpc) is 3.23. The summed E-state index contributed by atoms with van der Waals surface area (Å²) in [4.78, 5) is 2.48. The van der Waals surface area contributed by atoms with Crippen molar-refractivity contribution in [3.8, 4) is 11.3 Å². The Hall–Kier alpha value is -1.69. The number of rotatable bonds is 4. The quantitative estimate of drug-likeness (QED) is 0.884. The van der Waals surface area contributed by atoms with Gasteiger partial charge in [0.05, 0.1) is 23.6 Å². The minimum atomic E-state index is -0.216. The van der Waals surface area contributed by atoms with Crippen molar-refractivity contribution in [2.45, 2.75) is 63.8 Å². The lowest BCUT2D eigenvalue weighted by molar-refractivity contribution is -0.0879. The average molecular weight is 355 g/mol. The van der Waals surface area contributed by atoms with E-state index >= 15 is 0 Å². The molecule has 1 aromatic heterocycles. The van der Waals surface area contributed by atoms with Crippen LogP contribution in [0.3, 0.4) is 0 Å². The van der Waals surface area contributed by atoms with Gasteiger partial charge in [0.25, 0.3) is 0 Å². The highest BCUT2D eigenvalue weighted by Gasteiger charge is 2.50. The maximum absolute atomic E-state index is 10.2. The van der Waals surface area contributed by atoms with E-state index in [9.17, 15) is 5.11 Å². The number of aryl methyl sites for hydroxylation is 2. The van der Waals surface area contributed by atoms with Gasteiger partial charge in [-0.1, -0.05) is 17.7 Å². The van der Waals surface area contributed by atoms with E-state index in [2.05, 4.69) is 47.1 Å². The third-order valence-corrected chi connectivity index (χ3v) is 6.43.